The molecule has 1 atom stereocenters. The molecular weight excluding hydrogens is 404 g/mol. The maximum Gasteiger partial charge on any atom is 0.252 e. The van der Waals surface area contributed by atoms with Crippen molar-refractivity contribution < 1.29 is 9.53 Å². The highest BCUT2D eigenvalue weighted by Gasteiger charge is 2.16. The Balaban J connectivity index is 1.43. The number of nitrogens with one attached hydrogen (secondary N) is 2. The summed E-state index contributed by atoms with van der Waals surface area (Å²) in [6, 6.07) is 19.0. The van der Waals surface area contributed by atoms with E-state index in [0.717, 1.165) is 36.6 Å². The number of nitrogens with zero attached hydrogens (tertiary/aromatic N) is 4. The minimum atomic E-state index is -0.280. The van der Waals surface area contributed by atoms with Crippen molar-refractivity contribution in [1.82, 2.24) is 15.3 Å². The Morgan fingerprint density at radius 1 is 1.19 bits per heavy atom. The molecule has 1 unspecified atom stereocenters. The summed E-state index contributed by atoms with van der Waals surface area (Å²) in [5.74, 6) is 0.212. The fourth-order valence-electron chi connectivity index (χ4n) is 3.53. The van der Waals surface area contributed by atoms with Gasteiger partial charge in [0, 0.05) is 41.8 Å². The highest BCUT2D eigenvalue weighted by molar-refractivity contribution is 5.94. The lowest BCUT2D eigenvalue weighted by Crippen LogP contribution is -2.41. The monoisotopic (exact) mass is 428 g/mol. The molecule has 0 spiro atoms. The Labute approximate surface area is 186 Å². The van der Waals surface area contributed by atoms with Crippen molar-refractivity contribution in [2.45, 2.75) is 13.0 Å². The number of hydrogen-bond donors (Lipinski definition) is 2. The predicted octanol–water partition coefficient (Wildman–Crippen LogP) is 3.37. The van der Waals surface area contributed by atoms with Crippen molar-refractivity contribution in [3.8, 4) is 17.3 Å². The summed E-state index contributed by atoms with van der Waals surface area (Å²) in [6.45, 7) is 4.59. The lowest BCUT2D eigenvalue weighted by Gasteiger charge is -2.33. The molecule has 2 aromatic carbocycles. The lowest BCUT2D eigenvalue weighted by molar-refractivity contribution is 0.0532. The zero-order valence-electron chi connectivity index (χ0n) is 17.8. The largest absolute Gasteiger partial charge is 0.375 e. The first-order chi connectivity index (χ1) is 15.6. The molecule has 162 valence electrons. The smallest absolute Gasteiger partial charge is 0.252 e. The van der Waals surface area contributed by atoms with Gasteiger partial charge < -0.3 is 20.3 Å². The second kappa shape index (κ2) is 9.90. The van der Waals surface area contributed by atoms with E-state index in [9.17, 15) is 4.79 Å². The molecule has 2 heterocycles. The van der Waals surface area contributed by atoms with E-state index < -0.39 is 0 Å². The number of morpholine rings is 1. The number of hydrogen-bond acceptors (Lipinski definition) is 7. The van der Waals surface area contributed by atoms with Crippen LogP contribution in [0, 0.1) is 11.3 Å². The molecule has 1 amide bonds. The number of nitriles is 1. The van der Waals surface area contributed by atoms with Crippen LogP contribution in [0.25, 0.3) is 11.3 Å². The topological polar surface area (TPSA) is 103 Å². The fraction of sp³-hybridized carbons (Fsp3) is 0.250. The van der Waals surface area contributed by atoms with Crippen LogP contribution in [-0.4, -0.2) is 48.2 Å². The first-order valence-electron chi connectivity index (χ1n) is 10.4. The van der Waals surface area contributed by atoms with Gasteiger partial charge in [-0.1, -0.05) is 12.1 Å². The fourth-order valence-corrected chi connectivity index (χ4v) is 3.53. The first kappa shape index (κ1) is 21.3. The Bertz CT molecular complexity index is 1110. The van der Waals surface area contributed by atoms with Gasteiger partial charge in [-0.15, -0.1) is 0 Å². The zero-order valence-corrected chi connectivity index (χ0v) is 17.8. The van der Waals surface area contributed by atoms with E-state index in [0.29, 0.717) is 11.5 Å². The predicted molar refractivity (Wildman–Crippen MR) is 123 cm³/mol. The molecule has 1 aliphatic heterocycles. The minimum absolute atomic E-state index is 0.0198. The number of aromatic nitrogens is 2. The van der Waals surface area contributed by atoms with E-state index in [4.69, 9.17) is 10.00 Å². The number of ether oxygens (including phenoxy) is 1. The zero-order chi connectivity index (χ0) is 22.3. The summed E-state index contributed by atoms with van der Waals surface area (Å²) in [4.78, 5) is 23.2. The van der Waals surface area contributed by atoms with Crippen LogP contribution in [0.5, 0.6) is 0 Å². The number of anilines is 3. The number of carbonyl (C=O) groups is 1. The van der Waals surface area contributed by atoms with Gasteiger partial charge in [-0.3, -0.25) is 4.79 Å². The molecule has 3 aromatic rings. The minimum Gasteiger partial charge on any atom is -0.375 e. The molecule has 1 aliphatic rings. The van der Waals surface area contributed by atoms with E-state index in [2.05, 4.69) is 44.6 Å². The maximum atomic E-state index is 11.9. The van der Waals surface area contributed by atoms with Crippen LogP contribution < -0.4 is 15.5 Å². The van der Waals surface area contributed by atoms with Crippen LogP contribution in [0.15, 0.2) is 60.8 Å². The molecule has 2 N–H and O–H groups in total. The highest BCUT2D eigenvalue weighted by Crippen LogP contribution is 2.23. The Morgan fingerprint density at radius 3 is 2.69 bits per heavy atom. The van der Waals surface area contributed by atoms with Crippen LogP contribution in [0.3, 0.4) is 0 Å². The van der Waals surface area contributed by atoms with E-state index in [-0.39, 0.29) is 18.6 Å². The van der Waals surface area contributed by atoms with E-state index >= 15 is 0 Å². The molecule has 0 radical (unpaired) electrons. The third-order valence-corrected chi connectivity index (χ3v) is 5.16. The van der Waals surface area contributed by atoms with Crippen molar-refractivity contribution in [1.29, 1.82) is 5.26 Å². The highest BCUT2D eigenvalue weighted by atomic mass is 16.5. The molecule has 32 heavy (non-hydrogen) atoms. The maximum absolute atomic E-state index is 11.9. The van der Waals surface area contributed by atoms with E-state index in [1.807, 2.05) is 36.4 Å². The SMILES string of the molecule is CC1CN(c2ccc(Nc3nccc(-c4ccc(C(=O)NCC#N)cc4)n3)cc2)CCO1. The van der Waals surface area contributed by atoms with Gasteiger partial charge in [0.1, 0.15) is 6.54 Å². The van der Waals surface area contributed by atoms with Gasteiger partial charge in [0.2, 0.25) is 5.95 Å². The van der Waals surface area contributed by atoms with E-state index in [1.165, 1.54) is 5.69 Å². The number of rotatable bonds is 6. The molecule has 0 bridgehead atoms. The second-order valence-electron chi connectivity index (χ2n) is 7.48. The molecule has 1 aromatic heterocycles. The van der Waals surface area contributed by atoms with Gasteiger partial charge in [0.05, 0.1) is 24.5 Å². The van der Waals surface area contributed by atoms with Crippen LogP contribution in [0.2, 0.25) is 0 Å². The summed E-state index contributed by atoms with van der Waals surface area (Å²) in [5, 5.41) is 14.3. The number of carbonyl (C=O) groups excluding carboxylic acids is 1. The van der Waals surface area contributed by atoms with Gasteiger partial charge in [0.15, 0.2) is 0 Å². The van der Waals surface area contributed by atoms with E-state index in [1.54, 1.807) is 18.3 Å². The Hall–Kier alpha value is -3.96. The van der Waals surface area contributed by atoms with Crippen molar-refractivity contribution in [3.63, 3.8) is 0 Å². The van der Waals surface area contributed by atoms with Gasteiger partial charge in [0.25, 0.3) is 5.91 Å². The lowest BCUT2D eigenvalue weighted by atomic mass is 10.1. The van der Waals surface area contributed by atoms with Gasteiger partial charge in [-0.25, -0.2) is 9.97 Å². The van der Waals surface area contributed by atoms with Crippen molar-refractivity contribution in [2.75, 3.05) is 36.5 Å². The van der Waals surface area contributed by atoms with Crippen molar-refractivity contribution >= 4 is 23.2 Å². The number of benzene rings is 2. The summed E-state index contributed by atoms with van der Waals surface area (Å²) >= 11 is 0. The Morgan fingerprint density at radius 2 is 1.97 bits per heavy atom. The first-order valence-corrected chi connectivity index (χ1v) is 10.4. The molecule has 0 aliphatic carbocycles. The summed E-state index contributed by atoms with van der Waals surface area (Å²) in [5.41, 5.74) is 4.16. The van der Waals surface area contributed by atoms with Gasteiger partial charge in [-0.05, 0) is 49.4 Å². The van der Waals surface area contributed by atoms with Crippen LogP contribution in [0.1, 0.15) is 17.3 Å². The number of amides is 1. The molecule has 4 rings (SSSR count). The summed E-state index contributed by atoms with van der Waals surface area (Å²) in [7, 11) is 0. The normalized spacial score (nSPS) is 15.6. The molecule has 1 fully saturated rings. The molecular formula is C24H24N6O2. The second-order valence-corrected chi connectivity index (χ2v) is 7.48. The molecule has 8 nitrogen and oxygen atoms in total. The van der Waals surface area contributed by atoms with Crippen LogP contribution in [0.4, 0.5) is 17.3 Å². The van der Waals surface area contributed by atoms with Gasteiger partial charge in [-0.2, -0.15) is 5.26 Å². The summed E-state index contributed by atoms with van der Waals surface area (Å²) < 4.78 is 5.61. The molecule has 1 saturated heterocycles. The third-order valence-electron chi connectivity index (χ3n) is 5.16. The van der Waals surface area contributed by atoms with Crippen LogP contribution in [-0.2, 0) is 4.74 Å². The average Bonchev–Trinajstić information content (AvgIpc) is 2.83. The quantitative estimate of drug-likeness (QED) is 0.580. The standard InChI is InChI=1S/C24H24N6O2/c1-17-16-30(14-15-32-17)21-8-6-20(7-9-21)28-24-27-12-10-22(29-24)18-2-4-19(5-3-18)23(31)26-13-11-25/h2-10,12,17H,13-16H2,1H3,(H,26,31)(H,27,28,29). The Kier molecular flexibility index (Phi) is 6.58. The average molecular weight is 428 g/mol. The molecule has 0 saturated carbocycles. The third kappa shape index (κ3) is 5.20. The van der Waals surface area contributed by atoms with Crippen molar-refractivity contribution in [3.05, 3.63) is 66.4 Å². The molecule has 8 heteroatoms. The van der Waals surface area contributed by atoms with Gasteiger partial charge >= 0.3 is 0 Å². The summed E-state index contributed by atoms with van der Waals surface area (Å²) in [6.07, 6.45) is 1.93. The van der Waals surface area contributed by atoms with Crippen molar-refractivity contribution in [2.24, 2.45) is 0 Å². The van der Waals surface area contributed by atoms with Crippen LogP contribution >= 0.6 is 0 Å².